The molecule has 0 atom stereocenters. The van der Waals surface area contributed by atoms with Crippen molar-refractivity contribution in [1.82, 2.24) is 9.97 Å². The highest BCUT2D eigenvalue weighted by molar-refractivity contribution is 6.55. The second kappa shape index (κ2) is 14.6. The van der Waals surface area contributed by atoms with Crippen LogP contribution in [-0.2, 0) is 0 Å². The third-order valence-corrected chi connectivity index (χ3v) is 11.2. The van der Waals surface area contributed by atoms with Gasteiger partial charge in [-0.05, 0) is 93.2 Å². The van der Waals surface area contributed by atoms with Crippen LogP contribution in [-0.4, -0.2) is 21.4 Å². The van der Waals surface area contributed by atoms with Crippen LogP contribution in [0, 0.1) is 5.41 Å². The Kier molecular flexibility index (Phi) is 8.52. The van der Waals surface area contributed by atoms with Crippen molar-refractivity contribution in [3.63, 3.8) is 0 Å². The maximum absolute atomic E-state index is 9.23. The highest BCUT2D eigenvalue weighted by atomic mass is 16.3. The summed E-state index contributed by atoms with van der Waals surface area (Å²) in [6, 6.07) is 64.3. The van der Waals surface area contributed by atoms with E-state index < -0.39 is 0 Å². The second-order valence-corrected chi connectivity index (χ2v) is 14.9. The maximum atomic E-state index is 9.23. The molecule has 0 saturated heterocycles. The van der Waals surface area contributed by atoms with Crippen molar-refractivity contribution < 1.29 is 4.42 Å². The monoisotopic (exact) mass is 769 g/mol. The number of anilines is 1. The predicted octanol–water partition coefficient (Wildman–Crippen LogP) is 13.7. The van der Waals surface area contributed by atoms with Gasteiger partial charge in [0.1, 0.15) is 16.9 Å². The number of rotatable bonds is 7. The van der Waals surface area contributed by atoms with Gasteiger partial charge in [0.2, 0.25) is 0 Å². The molecule has 10 aromatic rings. The van der Waals surface area contributed by atoms with Crippen molar-refractivity contribution >= 4 is 55.9 Å². The Morgan fingerprint density at radius 2 is 1.15 bits per heavy atom. The van der Waals surface area contributed by atoms with Crippen LogP contribution in [0.2, 0.25) is 0 Å². The summed E-state index contributed by atoms with van der Waals surface area (Å²) in [5.41, 5.74) is 17.4. The summed E-state index contributed by atoms with van der Waals surface area (Å²) in [6.45, 7) is 0. The molecule has 11 rings (SSSR count). The molecule has 0 fully saturated rings. The Balaban J connectivity index is 1.04. The van der Waals surface area contributed by atoms with Gasteiger partial charge in [0, 0.05) is 33.0 Å². The lowest BCUT2D eigenvalue weighted by Gasteiger charge is -2.17. The SMILES string of the molecule is N=C1/C(=N\Nc2ccccc2)C=Cc2ccc3cc(-c4nc(-c5cccc(-c6cccc(-c7ccccc7)c6)c5)cc(-c5cccc6oc7ccccc7c56)n4)ccc3c21. The number of nitrogens with one attached hydrogen (secondary N) is 2. The van der Waals surface area contributed by atoms with Crippen LogP contribution in [0.25, 0.3) is 94.9 Å². The molecule has 0 bridgehead atoms. The molecule has 6 heteroatoms. The molecule has 1 aliphatic carbocycles. The van der Waals surface area contributed by atoms with Gasteiger partial charge < -0.3 is 4.42 Å². The molecular formula is C54H35N5O. The van der Waals surface area contributed by atoms with Gasteiger partial charge in [0.05, 0.1) is 22.8 Å². The molecule has 0 unspecified atom stereocenters. The summed E-state index contributed by atoms with van der Waals surface area (Å²) in [4.78, 5) is 10.6. The van der Waals surface area contributed by atoms with Crippen molar-refractivity contribution in [1.29, 1.82) is 5.41 Å². The molecule has 0 amide bonds. The molecular weight excluding hydrogens is 735 g/mol. The molecule has 0 saturated carbocycles. The molecule has 8 aromatic carbocycles. The molecule has 0 spiro atoms. The molecule has 2 aromatic heterocycles. The van der Waals surface area contributed by atoms with Gasteiger partial charge in [0.25, 0.3) is 0 Å². The molecule has 0 radical (unpaired) electrons. The van der Waals surface area contributed by atoms with Crippen molar-refractivity contribution in [2.45, 2.75) is 0 Å². The lowest BCUT2D eigenvalue weighted by molar-refractivity contribution is 0.669. The fourth-order valence-electron chi connectivity index (χ4n) is 8.23. The van der Waals surface area contributed by atoms with Crippen LogP contribution in [0.1, 0.15) is 11.1 Å². The number of furan rings is 1. The summed E-state index contributed by atoms with van der Waals surface area (Å²) in [5.74, 6) is 0.604. The van der Waals surface area contributed by atoms with Crippen LogP contribution in [0.4, 0.5) is 5.69 Å². The smallest absolute Gasteiger partial charge is 0.160 e. The predicted molar refractivity (Wildman–Crippen MR) is 247 cm³/mol. The summed E-state index contributed by atoms with van der Waals surface area (Å²) >= 11 is 0. The number of para-hydroxylation sites is 2. The largest absolute Gasteiger partial charge is 0.456 e. The van der Waals surface area contributed by atoms with E-state index in [1.165, 1.54) is 11.1 Å². The van der Waals surface area contributed by atoms with E-state index in [1.54, 1.807) is 0 Å². The summed E-state index contributed by atoms with van der Waals surface area (Å²) in [5, 5.41) is 17.8. The van der Waals surface area contributed by atoms with Gasteiger partial charge in [-0.2, -0.15) is 5.10 Å². The van der Waals surface area contributed by atoms with Crippen LogP contribution in [0.15, 0.2) is 204 Å². The number of aromatic nitrogens is 2. The maximum Gasteiger partial charge on any atom is 0.160 e. The standard InChI is InChI=1S/C54H35N5O/c55-53-46(59-58-42-18-5-2-6-19-42)29-27-35-24-25-39-32-41(26-28-43(39)51(35)53)54-56-47(33-48(57-54)44-21-11-23-50-52(44)45-20-7-8-22-49(45)60-50)40-17-10-16-38(31-40)37-15-9-14-36(30-37)34-12-3-1-4-13-34/h1-33,55,58H/b55-53?,59-46-. The van der Waals surface area contributed by atoms with Gasteiger partial charge in [-0.1, -0.05) is 146 Å². The van der Waals surface area contributed by atoms with Gasteiger partial charge in [0.15, 0.2) is 5.82 Å². The van der Waals surface area contributed by atoms with Gasteiger partial charge in [-0.25, -0.2) is 9.97 Å². The summed E-state index contributed by atoms with van der Waals surface area (Å²) in [7, 11) is 0. The van der Waals surface area contributed by atoms with E-state index in [-0.39, 0.29) is 0 Å². The highest BCUT2D eigenvalue weighted by Gasteiger charge is 2.21. The number of allylic oxidation sites excluding steroid dienone is 1. The van der Waals surface area contributed by atoms with Crippen molar-refractivity contribution in [2.75, 3.05) is 5.43 Å². The first kappa shape index (κ1) is 35.0. The number of fused-ring (bicyclic) bond motifs is 6. The zero-order valence-electron chi connectivity index (χ0n) is 32.3. The zero-order valence-corrected chi connectivity index (χ0v) is 32.3. The number of hydrazone groups is 1. The second-order valence-electron chi connectivity index (χ2n) is 14.9. The average molecular weight is 770 g/mol. The van der Waals surface area contributed by atoms with Crippen molar-refractivity contribution in [3.05, 3.63) is 205 Å². The zero-order chi connectivity index (χ0) is 40.0. The normalized spacial score (nSPS) is 13.0. The molecule has 2 heterocycles. The number of hydrogen-bond donors (Lipinski definition) is 2. The topological polar surface area (TPSA) is 87.2 Å². The summed E-state index contributed by atoms with van der Waals surface area (Å²) < 4.78 is 6.32. The lowest BCUT2D eigenvalue weighted by atomic mass is 9.89. The third kappa shape index (κ3) is 6.33. The Bertz CT molecular complexity index is 3360. The Morgan fingerprint density at radius 3 is 1.98 bits per heavy atom. The van der Waals surface area contributed by atoms with E-state index >= 15 is 0 Å². The fourth-order valence-corrected chi connectivity index (χ4v) is 8.23. The van der Waals surface area contributed by atoms with E-state index in [0.717, 1.165) is 88.7 Å². The molecule has 0 aliphatic heterocycles. The van der Waals surface area contributed by atoms with Crippen LogP contribution in [0.5, 0.6) is 0 Å². The summed E-state index contributed by atoms with van der Waals surface area (Å²) in [6.07, 6.45) is 3.91. The Morgan fingerprint density at radius 1 is 0.483 bits per heavy atom. The van der Waals surface area contributed by atoms with Gasteiger partial charge in [-0.3, -0.25) is 10.8 Å². The quantitative estimate of drug-likeness (QED) is 0.158. The molecule has 6 nitrogen and oxygen atoms in total. The van der Waals surface area contributed by atoms with Crippen LogP contribution >= 0.6 is 0 Å². The number of hydrogen-bond acceptors (Lipinski definition) is 6. The van der Waals surface area contributed by atoms with E-state index in [4.69, 9.17) is 14.4 Å². The molecule has 1 aliphatic rings. The number of benzene rings is 8. The third-order valence-electron chi connectivity index (χ3n) is 11.2. The first-order chi connectivity index (χ1) is 29.6. The Hall–Kier alpha value is -8.22. The average Bonchev–Trinajstić information content (AvgIpc) is 3.71. The molecule has 2 N–H and O–H groups in total. The minimum absolute atomic E-state index is 0.365. The van der Waals surface area contributed by atoms with E-state index in [2.05, 4.69) is 132 Å². The van der Waals surface area contributed by atoms with Crippen molar-refractivity contribution in [2.24, 2.45) is 5.10 Å². The number of nitrogens with zero attached hydrogens (tertiary/aromatic N) is 3. The van der Waals surface area contributed by atoms with Gasteiger partial charge >= 0.3 is 0 Å². The first-order valence-electron chi connectivity index (χ1n) is 19.9. The van der Waals surface area contributed by atoms with Gasteiger partial charge in [-0.15, -0.1) is 0 Å². The molecule has 282 valence electrons. The van der Waals surface area contributed by atoms with Crippen LogP contribution in [0.3, 0.4) is 0 Å². The Labute approximate surface area is 346 Å². The van der Waals surface area contributed by atoms with E-state index in [1.807, 2.05) is 78.9 Å². The van der Waals surface area contributed by atoms with E-state index in [0.29, 0.717) is 17.2 Å². The first-order valence-corrected chi connectivity index (χ1v) is 19.9. The lowest BCUT2D eigenvalue weighted by Crippen LogP contribution is -2.18. The van der Waals surface area contributed by atoms with E-state index in [9.17, 15) is 5.41 Å². The highest BCUT2D eigenvalue weighted by Crippen LogP contribution is 2.39. The van der Waals surface area contributed by atoms with Crippen molar-refractivity contribution in [3.8, 4) is 56.2 Å². The fraction of sp³-hybridized carbons (Fsp3) is 0. The minimum Gasteiger partial charge on any atom is -0.456 e. The minimum atomic E-state index is 0.365. The molecule has 60 heavy (non-hydrogen) atoms. The van der Waals surface area contributed by atoms with Crippen LogP contribution < -0.4 is 5.43 Å².